The Balaban J connectivity index is 0.000000390. The Morgan fingerprint density at radius 2 is 1.97 bits per heavy atom. The number of aliphatic carboxylic acids is 1. The fourth-order valence-electron chi connectivity index (χ4n) is 3.24. The largest absolute Gasteiger partial charge is 0.478 e. The first-order valence-corrected chi connectivity index (χ1v) is 11.0. The van der Waals surface area contributed by atoms with Crippen LogP contribution in [-0.2, 0) is 11.0 Å². The van der Waals surface area contributed by atoms with Crippen LogP contribution >= 0.6 is 11.3 Å². The van der Waals surface area contributed by atoms with Gasteiger partial charge >= 0.3 is 12.1 Å². The van der Waals surface area contributed by atoms with Crippen LogP contribution in [0.15, 0.2) is 47.9 Å². The van der Waals surface area contributed by atoms with Crippen molar-refractivity contribution in [1.29, 1.82) is 5.26 Å². The van der Waals surface area contributed by atoms with E-state index < -0.39 is 17.7 Å². The van der Waals surface area contributed by atoms with Crippen molar-refractivity contribution in [1.82, 2.24) is 4.90 Å². The van der Waals surface area contributed by atoms with Gasteiger partial charge in [-0.1, -0.05) is 24.3 Å². The van der Waals surface area contributed by atoms with Crippen LogP contribution in [0.4, 0.5) is 18.9 Å². The summed E-state index contributed by atoms with van der Waals surface area (Å²) in [5.74, 6) is -0.937. The Hall–Kier alpha value is -2.83. The van der Waals surface area contributed by atoms with Crippen LogP contribution in [0, 0.1) is 11.3 Å². The second kappa shape index (κ2) is 11.7. The molecule has 1 aliphatic heterocycles. The van der Waals surface area contributed by atoms with Gasteiger partial charge < -0.3 is 10.0 Å². The minimum atomic E-state index is -4.30. The van der Waals surface area contributed by atoms with E-state index in [-0.39, 0.29) is 0 Å². The third-order valence-corrected chi connectivity index (χ3v) is 5.80. The highest BCUT2D eigenvalue weighted by Gasteiger charge is 2.31. The molecular weight excluding hydrogens is 439 g/mol. The molecule has 9 heteroatoms. The summed E-state index contributed by atoms with van der Waals surface area (Å²) in [7, 11) is 0. The molecule has 0 radical (unpaired) electrons. The zero-order chi connectivity index (χ0) is 23.7. The van der Waals surface area contributed by atoms with Crippen molar-refractivity contribution in [2.45, 2.75) is 25.9 Å². The van der Waals surface area contributed by atoms with Crippen LogP contribution in [0.1, 0.15) is 25.3 Å². The van der Waals surface area contributed by atoms with Gasteiger partial charge in [0.05, 0.1) is 17.3 Å². The molecule has 1 saturated heterocycles. The molecule has 1 aliphatic rings. The van der Waals surface area contributed by atoms with Gasteiger partial charge in [-0.05, 0) is 32.0 Å². The maximum atomic E-state index is 12.8. The Kier molecular flexibility index (Phi) is 9.29. The van der Waals surface area contributed by atoms with Crippen LogP contribution in [0.5, 0.6) is 0 Å². The van der Waals surface area contributed by atoms with E-state index in [2.05, 4.69) is 22.4 Å². The summed E-state index contributed by atoms with van der Waals surface area (Å²) >= 11 is 1.36. The number of benzene rings is 1. The predicted molar refractivity (Wildman–Crippen MR) is 122 cm³/mol. The van der Waals surface area contributed by atoms with Gasteiger partial charge in [0.25, 0.3) is 0 Å². The number of thiophene rings is 1. The predicted octanol–water partition coefficient (Wildman–Crippen LogP) is 5.55. The van der Waals surface area contributed by atoms with Gasteiger partial charge in [-0.2, -0.15) is 18.4 Å². The van der Waals surface area contributed by atoms with Gasteiger partial charge in [-0.3, -0.25) is 4.90 Å². The van der Waals surface area contributed by atoms with Crippen LogP contribution < -0.4 is 4.90 Å². The van der Waals surface area contributed by atoms with E-state index in [1.165, 1.54) is 23.5 Å². The topological polar surface area (TPSA) is 67.6 Å². The summed E-state index contributed by atoms with van der Waals surface area (Å²) < 4.78 is 39.1. The number of unbranched alkanes of at least 4 members (excludes halogenated alkanes) is 1. The second-order valence-corrected chi connectivity index (χ2v) is 8.35. The molecule has 0 saturated carbocycles. The Labute approximate surface area is 189 Å². The highest BCUT2D eigenvalue weighted by Crippen LogP contribution is 2.38. The molecule has 1 fully saturated rings. The number of carboxylic acids is 1. The number of allylic oxidation sites excluding steroid dienone is 2. The molecule has 0 atom stereocenters. The quantitative estimate of drug-likeness (QED) is 0.344. The smallest absolute Gasteiger partial charge is 0.416 e. The van der Waals surface area contributed by atoms with E-state index in [9.17, 15) is 18.0 Å². The highest BCUT2D eigenvalue weighted by atomic mass is 32.1. The number of nitrogens with zero attached hydrogens (tertiary/aromatic N) is 3. The molecule has 1 aromatic carbocycles. The molecule has 5 nitrogen and oxygen atoms in total. The lowest BCUT2D eigenvalue weighted by Crippen LogP contribution is -2.46. The Morgan fingerprint density at radius 3 is 2.50 bits per heavy atom. The number of halogens is 3. The number of alkyl halides is 3. The van der Waals surface area contributed by atoms with Crippen LogP contribution in [0.2, 0.25) is 0 Å². The average molecular weight is 466 g/mol. The number of fused-ring (bicyclic) bond motifs is 1. The zero-order valence-corrected chi connectivity index (χ0v) is 18.7. The molecule has 1 N–H and O–H groups in total. The second-order valence-electron chi connectivity index (χ2n) is 7.44. The number of hydrogen-bond donors (Lipinski definition) is 1. The molecule has 0 amide bonds. The summed E-state index contributed by atoms with van der Waals surface area (Å²) in [6.07, 6.45) is -0.326. The molecule has 0 unspecified atom stereocenters. The van der Waals surface area contributed by atoms with Crippen molar-refractivity contribution in [3.05, 3.63) is 53.4 Å². The van der Waals surface area contributed by atoms with Crippen LogP contribution in [0.3, 0.4) is 0 Å². The van der Waals surface area contributed by atoms with Crippen molar-refractivity contribution in [3.63, 3.8) is 0 Å². The molecule has 32 heavy (non-hydrogen) atoms. The monoisotopic (exact) mass is 465 g/mol. The summed E-state index contributed by atoms with van der Waals surface area (Å²) in [6, 6.07) is 6.15. The lowest BCUT2D eigenvalue weighted by atomic mass is 10.1. The molecule has 1 aromatic heterocycles. The minimum absolute atomic E-state index is 0.580. The third-order valence-electron chi connectivity index (χ3n) is 4.87. The van der Waals surface area contributed by atoms with Gasteiger partial charge in [-0.15, -0.1) is 11.3 Å². The molecule has 172 valence electrons. The number of rotatable bonds is 6. The molecular formula is C23H26F3N3O2S. The number of anilines is 1. The molecule has 2 aromatic rings. The highest BCUT2D eigenvalue weighted by molar-refractivity contribution is 7.17. The standard InChI is InChI=1S/C17H18F3N3S.C6H8O2/c18-17(19,20)13-3-4-14-15(12-24-16(14)11-13)23-9-7-22(8-10-23)6-2-1-5-21;1-5(2)3-4-6(7)8/h3-4,11-12H,1-2,6-10H2;3-4H,1H2,2H3,(H,7,8)/b;4-3-. The van der Waals surface area contributed by atoms with Crippen molar-refractivity contribution in [3.8, 4) is 6.07 Å². The lowest BCUT2D eigenvalue weighted by molar-refractivity contribution is -0.137. The van der Waals surface area contributed by atoms with Crippen LogP contribution in [0.25, 0.3) is 10.1 Å². The SMILES string of the molecule is C=C(C)/C=C\C(=O)O.N#CCCCN1CCN(c2csc3cc(C(F)(F)F)ccc23)CC1. The maximum absolute atomic E-state index is 12.8. The number of hydrogen-bond acceptors (Lipinski definition) is 5. The molecule has 2 heterocycles. The van der Waals surface area contributed by atoms with E-state index in [4.69, 9.17) is 10.4 Å². The van der Waals surface area contributed by atoms with Gasteiger partial charge in [0, 0.05) is 54.1 Å². The zero-order valence-electron chi connectivity index (χ0n) is 17.9. The van der Waals surface area contributed by atoms with E-state index >= 15 is 0 Å². The van der Waals surface area contributed by atoms with Crippen molar-refractivity contribution < 1.29 is 23.1 Å². The van der Waals surface area contributed by atoms with Crippen LogP contribution in [-0.4, -0.2) is 48.7 Å². The molecule has 3 rings (SSSR count). The molecule has 0 spiro atoms. The fraction of sp³-hybridized carbons (Fsp3) is 0.391. The Bertz CT molecular complexity index is 984. The van der Waals surface area contributed by atoms with E-state index in [1.54, 1.807) is 13.0 Å². The number of carboxylic acid groups (broad SMARTS) is 1. The summed E-state index contributed by atoms with van der Waals surface area (Å²) in [5.41, 5.74) is 1.18. The third kappa shape index (κ3) is 7.70. The number of nitriles is 1. The van der Waals surface area contributed by atoms with Crippen molar-refractivity contribution in [2.75, 3.05) is 37.6 Å². The molecule has 0 bridgehead atoms. The summed E-state index contributed by atoms with van der Waals surface area (Å²) in [5, 5.41) is 19.5. The first-order chi connectivity index (χ1) is 15.1. The number of piperazine rings is 1. The van der Waals surface area contributed by atoms with Crippen molar-refractivity contribution in [2.24, 2.45) is 0 Å². The van der Waals surface area contributed by atoms with Crippen molar-refractivity contribution >= 4 is 33.1 Å². The van der Waals surface area contributed by atoms with E-state index in [1.807, 2.05) is 5.38 Å². The Morgan fingerprint density at radius 1 is 1.28 bits per heavy atom. The average Bonchev–Trinajstić information content (AvgIpc) is 3.16. The van der Waals surface area contributed by atoms with Gasteiger partial charge in [0.15, 0.2) is 0 Å². The van der Waals surface area contributed by atoms with E-state index in [0.29, 0.717) is 11.1 Å². The van der Waals surface area contributed by atoms with E-state index in [0.717, 1.165) is 67.9 Å². The maximum Gasteiger partial charge on any atom is 0.416 e. The normalized spacial score (nSPS) is 14.8. The minimum Gasteiger partial charge on any atom is -0.478 e. The number of carbonyl (C=O) groups is 1. The van der Waals surface area contributed by atoms with Gasteiger partial charge in [0.2, 0.25) is 0 Å². The summed E-state index contributed by atoms with van der Waals surface area (Å²) in [6.45, 7) is 9.70. The summed E-state index contributed by atoms with van der Waals surface area (Å²) in [4.78, 5) is 14.4. The first kappa shape index (κ1) is 25.4. The van der Waals surface area contributed by atoms with Gasteiger partial charge in [-0.25, -0.2) is 4.79 Å². The lowest BCUT2D eigenvalue weighted by Gasteiger charge is -2.35. The fourth-order valence-corrected chi connectivity index (χ4v) is 4.25. The molecule has 0 aliphatic carbocycles. The first-order valence-electron chi connectivity index (χ1n) is 10.1. The van der Waals surface area contributed by atoms with Gasteiger partial charge in [0.1, 0.15) is 0 Å².